The first-order chi connectivity index (χ1) is 12.6. The van der Waals surface area contributed by atoms with E-state index in [1.807, 2.05) is 0 Å². The van der Waals surface area contributed by atoms with Gasteiger partial charge in [0.15, 0.2) is 15.9 Å². The van der Waals surface area contributed by atoms with E-state index in [1.54, 1.807) is 0 Å². The second-order valence-corrected chi connectivity index (χ2v) is 8.59. The summed E-state index contributed by atoms with van der Waals surface area (Å²) in [5.74, 6) is -1.37. The van der Waals surface area contributed by atoms with Gasteiger partial charge in [-0.05, 0) is 31.9 Å². The molecule has 1 saturated carbocycles. The predicted octanol–water partition coefficient (Wildman–Crippen LogP) is 1.99. The minimum Gasteiger partial charge on any atom is -0.449 e. The SMILES string of the molecule is C[C@@H](OC(=O)c1ccc(S(C)(=O)=O)c([N+](=O)[O-])c1)C(=O)NC1CCCCC1. The molecule has 9 nitrogen and oxygen atoms in total. The van der Waals surface area contributed by atoms with Gasteiger partial charge >= 0.3 is 5.97 Å². The lowest BCUT2D eigenvalue weighted by molar-refractivity contribution is -0.387. The molecule has 27 heavy (non-hydrogen) atoms. The number of hydrogen-bond donors (Lipinski definition) is 1. The number of benzene rings is 1. The first kappa shape index (κ1) is 20.8. The Morgan fingerprint density at radius 3 is 2.44 bits per heavy atom. The van der Waals surface area contributed by atoms with Crippen molar-refractivity contribution in [1.82, 2.24) is 5.32 Å². The Bertz CT molecular complexity index is 845. The van der Waals surface area contributed by atoms with Crippen LogP contribution in [0.5, 0.6) is 0 Å². The molecule has 1 aliphatic rings. The van der Waals surface area contributed by atoms with Crippen molar-refractivity contribution >= 4 is 27.4 Å². The van der Waals surface area contributed by atoms with Crippen LogP contribution >= 0.6 is 0 Å². The van der Waals surface area contributed by atoms with Crippen molar-refractivity contribution in [3.05, 3.63) is 33.9 Å². The summed E-state index contributed by atoms with van der Waals surface area (Å²) in [4.78, 5) is 34.1. The minimum absolute atomic E-state index is 0.0579. The van der Waals surface area contributed by atoms with E-state index < -0.39 is 43.3 Å². The number of nitro groups is 1. The Labute approximate surface area is 157 Å². The van der Waals surface area contributed by atoms with Crippen LogP contribution in [0, 0.1) is 10.1 Å². The van der Waals surface area contributed by atoms with Crippen LogP contribution in [0.3, 0.4) is 0 Å². The molecule has 0 aliphatic heterocycles. The van der Waals surface area contributed by atoms with Crippen molar-refractivity contribution in [2.24, 2.45) is 0 Å². The molecule has 0 heterocycles. The maximum atomic E-state index is 12.2. The van der Waals surface area contributed by atoms with E-state index in [-0.39, 0.29) is 11.6 Å². The molecule has 1 N–H and O–H groups in total. The maximum Gasteiger partial charge on any atom is 0.339 e. The highest BCUT2D eigenvalue weighted by Crippen LogP contribution is 2.25. The lowest BCUT2D eigenvalue weighted by Gasteiger charge is -2.24. The Kier molecular flexibility index (Phi) is 6.53. The molecule has 1 aromatic carbocycles. The fourth-order valence-electron chi connectivity index (χ4n) is 2.95. The number of nitrogens with one attached hydrogen (secondary N) is 1. The van der Waals surface area contributed by atoms with Crippen LogP contribution < -0.4 is 5.32 Å². The normalized spacial score (nSPS) is 16.4. The smallest absolute Gasteiger partial charge is 0.339 e. The van der Waals surface area contributed by atoms with Crippen molar-refractivity contribution in [1.29, 1.82) is 0 Å². The van der Waals surface area contributed by atoms with Gasteiger partial charge in [0, 0.05) is 18.4 Å². The molecular formula is C17H22N2O7S. The van der Waals surface area contributed by atoms with E-state index in [1.165, 1.54) is 6.92 Å². The molecule has 0 saturated heterocycles. The van der Waals surface area contributed by atoms with E-state index >= 15 is 0 Å². The highest BCUT2D eigenvalue weighted by atomic mass is 32.2. The first-order valence-corrected chi connectivity index (χ1v) is 10.5. The lowest BCUT2D eigenvalue weighted by Crippen LogP contribution is -2.42. The average Bonchev–Trinajstić information content (AvgIpc) is 2.61. The van der Waals surface area contributed by atoms with Crippen LogP contribution in [0.4, 0.5) is 5.69 Å². The van der Waals surface area contributed by atoms with E-state index in [0.29, 0.717) is 0 Å². The van der Waals surface area contributed by atoms with Crippen LogP contribution in [0.1, 0.15) is 49.4 Å². The van der Waals surface area contributed by atoms with Gasteiger partial charge < -0.3 is 10.1 Å². The van der Waals surface area contributed by atoms with Gasteiger partial charge in [-0.2, -0.15) is 0 Å². The molecule has 1 amide bonds. The van der Waals surface area contributed by atoms with E-state index in [4.69, 9.17) is 4.74 Å². The molecule has 1 atom stereocenters. The first-order valence-electron chi connectivity index (χ1n) is 8.59. The van der Waals surface area contributed by atoms with E-state index in [2.05, 4.69) is 5.32 Å². The van der Waals surface area contributed by atoms with Gasteiger partial charge in [0.05, 0.1) is 10.5 Å². The zero-order valence-corrected chi connectivity index (χ0v) is 16.0. The van der Waals surface area contributed by atoms with Crippen LogP contribution in [0.2, 0.25) is 0 Å². The molecule has 0 unspecified atom stereocenters. The van der Waals surface area contributed by atoms with Crippen molar-refractivity contribution in [3.8, 4) is 0 Å². The average molecular weight is 398 g/mol. The minimum atomic E-state index is -3.83. The topological polar surface area (TPSA) is 133 Å². The largest absolute Gasteiger partial charge is 0.449 e. The third-order valence-corrected chi connectivity index (χ3v) is 5.54. The zero-order chi connectivity index (χ0) is 20.2. The van der Waals surface area contributed by atoms with Gasteiger partial charge in [-0.1, -0.05) is 19.3 Å². The molecule has 0 radical (unpaired) electrons. The van der Waals surface area contributed by atoms with Crippen LogP contribution in [0.25, 0.3) is 0 Å². The molecule has 1 fully saturated rings. The summed E-state index contributed by atoms with van der Waals surface area (Å²) in [5, 5.41) is 14.0. The number of ether oxygens (including phenoxy) is 1. The van der Waals surface area contributed by atoms with E-state index in [9.17, 15) is 28.1 Å². The number of rotatable bonds is 6. The summed E-state index contributed by atoms with van der Waals surface area (Å²) in [6.07, 6.45) is 4.74. The molecule has 1 aliphatic carbocycles. The number of sulfone groups is 1. The zero-order valence-electron chi connectivity index (χ0n) is 15.1. The molecule has 0 spiro atoms. The third-order valence-electron chi connectivity index (χ3n) is 4.40. The summed E-state index contributed by atoms with van der Waals surface area (Å²) in [6.45, 7) is 1.41. The number of carbonyl (C=O) groups is 2. The maximum absolute atomic E-state index is 12.2. The molecule has 0 bridgehead atoms. The van der Waals surface area contributed by atoms with E-state index in [0.717, 1.165) is 56.6 Å². The van der Waals surface area contributed by atoms with Gasteiger partial charge in [0.25, 0.3) is 11.6 Å². The summed E-state index contributed by atoms with van der Waals surface area (Å²) >= 11 is 0. The molecule has 0 aromatic heterocycles. The quantitative estimate of drug-likeness (QED) is 0.440. The third kappa shape index (κ3) is 5.49. The summed E-state index contributed by atoms with van der Waals surface area (Å²) in [7, 11) is -3.83. The number of hydrogen-bond acceptors (Lipinski definition) is 7. The second kappa shape index (κ2) is 8.47. The van der Waals surface area contributed by atoms with Gasteiger partial charge in [0.2, 0.25) is 0 Å². The Morgan fingerprint density at radius 1 is 1.26 bits per heavy atom. The molecule has 10 heteroatoms. The van der Waals surface area contributed by atoms with Crippen molar-refractivity contribution in [2.45, 2.75) is 56.1 Å². The van der Waals surface area contributed by atoms with Crippen molar-refractivity contribution in [3.63, 3.8) is 0 Å². The Hall–Kier alpha value is -2.49. The summed E-state index contributed by atoms with van der Waals surface area (Å²) < 4.78 is 28.3. The fraction of sp³-hybridized carbons (Fsp3) is 0.529. The number of nitrogens with zero attached hydrogens (tertiary/aromatic N) is 1. The lowest BCUT2D eigenvalue weighted by atomic mass is 9.95. The summed E-state index contributed by atoms with van der Waals surface area (Å²) in [6, 6.07) is 3.00. The molecule has 1 aromatic rings. The Morgan fingerprint density at radius 2 is 1.89 bits per heavy atom. The van der Waals surface area contributed by atoms with Crippen LogP contribution in [-0.4, -0.2) is 43.6 Å². The molecular weight excluding hydrogens is 376 g/mol. The van der Waals surface area contributed by atoms with Gasteiger partial charge in [-0.25, -0.2) is 13.2 Å². The number of carbonyl (C=O) groups excluding carboxylic acids is 2. The van der Waals surface area contributed by atoms with Gasteiger partial charge in [-0.15, -0.1) is 0 Å². The second-order valence-electron chi connectivity index (χ2n) is 6.60. The molecule has 2 rings (SSSR count). The molecule has 148 valence electrons. The highest BCUT2D eigenvalue weighted by Gasteiger charge is 2.27. The highest BCUT2D eigenvalue weighted by molar-refractivity contribution is 7.90. The monoisotopic (exact) mass is 398 g/mol. The number of amides is 1. The van der Waals surface area contributed by atoms with Crippen LogP contribution in [0.15, 0.2) is 23.1 Å². The summed E-state index contributed by atoms with van der Waals surface area (Å²) in [5.41, 5.74) is -0.919. The number of nitro benzene ring substituents is 1. The van der Waals surface area contributed by atoms with Gasteiger partial charge in [0.1, 0.15) is 4.90 Å². The van der Waals surface area contributed by atoms with Crippen molar-refractivity contribution in [2.75, 3.05) is 6.26 Å². The fourth-order valence-corrected chi connectivity index (χ4v) is 3.78. The standard InChI is InChI=1S/C17H22N2O7S/c1-11(16(20)18-13-6-4-3-5-7-13)26-17(21)12-8-9-15(27(2,24)25)14(10-12)19(22)23/h8-11,13H,3-7H2,1-2H3,(H,18,20)/t11-/m1/s1. The number of esters is 1. The Balaban J connectivity index is 2.09. The van der Waals surface area contributed by atoms with Crippen LogP contribution in [-0.2, 0) is 19.4 Å². The van der Waals surface area contributed by atoms with Gasteiger partial charge in [-0.3, -0.25) is 14.9 Å². The van der Waals surface area contributed by atoms with Crippen molar-refractivity contribution < 1.29 is 27.7 Å². The predicted molar refractivity (Wildman–Crippen MR) is 96.1 cm³/mol.